The van der Waals surface area contributed by atoms with Gasteiger partial charge in [-0.25, -0.2) is 0 Å². The molecule has 2 aromatic carbocycles. The first kappa shape index (κ1) is 20.9. The summed E-state index contributed by atoms with van der Waals surface area (Å²) in [6.45, 7) is 3.60. The molecular formula is C23H25ClO3. The van der Waals surface area contributed by atoms with Gasteiger partial charge in [-0.2, -0.15) is 0 Å². The summed E-state index contributed by atoms with van der Waals surface area (Å²) >= 11 is 6.25. The number of Topliss-reactive ketones (excluding diaryl/α,β-unsaturated/α-hetero) is 2. The molecule has 0 amide bonds. The molecule has 142 valence electrons. The SMILES string of the molecule is CCC(=O)C(Cc1ccc(/C=C/c2ccc(OC)cc2Cl)cc1)C(=O)CC. The highest BCUT2D eigenvalue weighted by molar-refractivity contribution is 6.32. The van der Waals surface area contributed by atoms with Crippen LogP contribution in [0.15, 0.2) is 42.5 Å². The van der Waals surface area contributed by atoms with Crippen LogP contribution in [0.25, 0.3) is 12.2 Å². The maximum Gasteiger partial charge on any atom is 0.143 e. The highest BCUT2D eigenvalue weighted by atomic mass is 35.5. The van der Waals surface area contributed by atoms with Crippen LogP contribution in [-0.2, 0) is 16.0 Å². The minimum Gasteiger partial charge on any atom is -0.497 e. The lowest BCUT2D eigenvalue weighted by atomic mass is 9.89. The van der Waals surface area contributed by atoms with Gasteiger partial charge in [-0.15, -0.1) is 0 Å². The van der Waals surface area contributed by atoms with E-state index in [2.05, 4.69) is 0 Å². The van der Waals surface area contributed by atoms with Crippen molar-refractivity contribution in [1.29, 1.82) is 0 Å². The zero-order chi connectivity index (χ0) is 19.8. The molecule has 0 aromatic heterocycles. The van der Waals surface area contributed by atoms with Crippen molar-refractivity contribution in [3.05, 3.63) is 64.2 Å². The smallest absolute Gasteiger partial charge is 0.143 e. The summed E-state index contributed by atoms with van der Waals surface area (Å²) in [5.74, 6) is 0.221. The standard InChI is InChI=1S/C23H25ClO3/c1-4-22(25)20(23(26)5-2)14-17-8-6-16(7-9-17)10-11-18-12-13-19(27-3)15-21(18)24/h6-13,15,20H,4-5,14H2,1-3H3/b11-10+. The zero-order valence-electron chi connectivity index (χ0n) is 16.0. The van der Waals surface area contributed by atoms with Crippen molar-refractivity contribution in [2.75, 3.05) is 7.11 Å². The molecule has 0 bridgehead atoms. The number of hydrogen-bond donors (Lipinski definition) is 0. The van der Waals surface area contributed by atoms with Crippen LogP contribution in [0.4, 0.5) is 0 Å². The number of rotatable bonds is 9. The molecule has 2 rings (SSSR count). The highest BCUT2D eigenvalue weighted by Crippen LogP contribution is 2.24. The van der Waals surface area contributed by atoms with Crippen molar-refractivity contribution < 1.29 is 14.3 Å². The predicted molar refractivity (Wildman–Crippen MR) is 111 cm³/mol. The molecule has 27 heavy (non-hydrogen) atoms. The van der Waals surface area contributed by atoms with E-state index in [0.29, 0.717) is 24.3 Å². The first-order valence-corrected chi connectivity index (χ1v) is 9.52. The van der Waals surface area contributed by atoms with Gasteiger partial charge in [0.05, 0.1) is 18.1 Å². The van der Waals surface area contributed by atoms with Gasteiger partial charge in [-0.3, -0.25) is 9.59 Å². The zero-order valence-corrected chi connectivity index (χ0v) is 16.8. The normalized spacial score (nSPS) is 11.1. The van der Waals surface area contributed by atoms with Crippen LogP contribution >= 0.6 is 11.6 Å². The number of carbonyl (C=O) groups excluding carboxylic acids is 2. The van der Waals surface area contributed by atoms with E-state index in [-0.39, 0.29) is 11.6 Å². The minimum atomic E-state index is -0.528. The van der Waals surface area contributed by atoms with Gasteiger partial charge in [-0.1, -0.05) is 61.9 Å². The Bertz CT molecular complexity index is 806. The Balaban J connectivity index is 2.10. The first-order chi connectivity index (χ1) is 13.0. The van der Waals surface area contributed by atoms with Gasteiger partial charge < -0.3 is 4.74 Å². The predicted octanol–water partition coefficient (Wildman–Crippen LogP) is 5.64. The molecule has 3 nitrogen and oxygen atoms in total. The molecule has 0 atom stereocenters. The van der Waals surface area contributed by atoms with Crippen LogP contribution in [0.1, 0.15) is 43.4 Å². The van der Waals surface area contributed by atoms with E-state index in [1.54, 1.807) is 27.0 Å². The lowest BCUT2D eigenvalue weighted by Crippen LogP contribution is -2.25. The van der Waals surface area contributed by atoms with Gasteiger partial charge in [-0.05, 0) is 41.3 Å². The van der Waals surface area contributed by atoms with Crippen molar-refractivity contribution in [1.82, 2.24) is 0 Å². The Hall–Kier alpha value is -2.39. The second-order valence-corrected chi connectivity index (χ2v) is 6.77. The Morgan fingerprint density at radius 2 is 1.63 bits per heavy atom. The van der Waals surface area contributed by atoms with Crippen LogP contribution in [0.2, 0.25) is 5.02 Å². The number of halogens is 1. The van der Waals surface area contributed by atoms with Gasteiger partial charge >= 0.3 is 0 Å². The monoisotopic (exact) mass is 384 g/mol. The van der Waals surface area contributed by atoms with Crippen LogP contribution in [-0.4, -0.2) is 18.7 Å². The average Bonchev–Trinajstić information content (AvgIpc) is 2.70. The van der Waals surface area contributed by atoms with Crippen molar-refractivity contribution in [2.45, 2.75) is 33.1 Å². The number of carbonyl (C=O) groups is 2. The number of methoxy groups -OCH3 is 1. The fraction of sp³-hybridized carbons (Fsp3) is 0.304. The third kappa shape index (κ3) is 5.80. The Morgan fingerprint density at radius 3 is 2.15 bits per heavy atom. The Labute approximate surface area is 166 Å². The van der Waals surface area contributed by atoms with Gasteiger partial charge in [0.1, 0.15) is 17.3 Å². The summed E-state index contributed by atoms with van der Waals surface area (Å²) in [7, 11) is 1.61. The molecule has 0 radical (unpaired) electrons. The topological polar surface area (TPSA) is 43.4 Å². The van der Waals surface area contributed by atoms with E-state index < -0.39 is 5.92 Å². The Kier molecular flexibility index (Phi) is 7.81. The molecule has 0 heterocycles. The molecule has 2 aromatic rings. The first-order valence-electron chi connectivity index (χ1n) is 9.14. The number of ether oxygens (including phenoxy) is 1. The summed E-state index contributed by atoms with van der Waals surface area (Å²) in [5, 5.41) is 0.626. The fourth-order valence-electron chi connectivity index (χ4n) is 2.86. The molecule has 0 aliphatic heterocycles. The second-order valence-electron chi connectivity index (χ2n) is 6.36. The summed E-state index contributed by atoms with van der Waals surface area (Å²) < 4.78 is 5.15. The van der Waals surface area contributed by atoms with E-state index in [4.69, 9.17) is 16.3 Å². The van der Waals surface area contributed by atoms with E-state index in [1.807, 2.05) is 48.6 Å². The van der Waals surface area contributed by atoms with Crippen molar-refractivity contribution in [2.24, 2.45) is 5.92 Å². The van der Waals surface area contributed by atoms with Gasteiger partial charge in [0.25, 0.3) is 0 Å². The van der Waals surface area contributed by atoms with Crippen LogP contribution < -0.4 is 4.74 Å². The van der Waals surface area contributed by atoms with Crippen molar-refractivity contribution in [3.63, 3.8) is 0 Å². The van der Waals surface area contributed by atoms with E-state index >= 15 is 0 Å². The molecule has 0 unspecified atom stereocenters. The van der Waals surface area contributed by atoms with Gasteiger partial charge in [0.15, 0.2) is 0 Å². The molecule has 0 aliphatic carbocycles. The molecule has 0 N–H and O–H groups in total. The Morgan fingerprint density at radius 1 is 1.00 bits per heavy atom. The molecule has 0 fully saturated rings. The van der Waals surface area contributed by atoms with Crippen molar-refractivity contribution >= 4 is 35.3 Å². The maximum atomic E-state index is 12.1. The number of hydrogen-bond acceptors (Lipinski definition) is 3. The minimum absolute atomic E-state index is 0.0139. The lowest BCUT2D eigenvalue weighted by molar-refractivity contribution is -0.132. The van der Waals surface area contributed by atoms with Crippen molar-refractivity contribution in [3.8, 4) is 5.75 Å². The third-order valence-corrected chi connectivity index (χ3v) is 4.88. The van der Waals surface area contributed by atoms with E-state index in [0.717, 1.165) is 22.4 Å². The van der Waals surface area contributed by atoms with Gasteiger partial charge in [0, 0.05) is 12.8 Å². The summed E-state index contributed by atoms with van der Waals surface area (Å²) in [4.78, 5) is 24.1. The maximum absolute atomic E-state index is 12.1. The molecule has 0 saturated heterocycles. The summed E-state index contributed by atoms with van der Waals surface area (Å²) in [6.07, 6.45) is 5.16. The summed E-state index contributed by atoms with van der Waals surface area (Å²) in [5.41, 5.74) is 2.91. The quantitative estimate of drug-likeness (QED) is 0.415. The second kappa shape index (κ2) is 10.1. The van der Waals surface area contributed by atoms with E-state index in [9.17, 15) is 9.59 Å². The van der Waals surface area contributed by atoms with E-state index in [1.165, 1.54) is 0 Å². The van der Waals surface area contributed by atoms with Crippen LogP contribution in [0.5, 0.6) is 5.75 Å². The molecule has 4 heteroatoms. The molecule has 0 spiro atoms. The van der Waals surface area contributed by atoms with Crippen LogP contribution in [0.3, 0.4) is 0 Å². The average molecular weight is 385 g/mol. The third-order valence-electron chi connectivity index (χ3n) is 4.56. The molecular weight excluding hydrogens is 360 g/mol. The molecule has 0 aliphatic rings. The summed E-state index contributed by atoms with van der Waals surface area (Å²) in [6, 6.07) is 13.4. The number of benzene rings is 2. The van der Waals surface area contributed by atoms with Gasteiger partial charge in [0.2, 0.25) is 0 Å². The number of ketones is 2. The fourth-order valence-corrected chi connectivity index (χ4v) is 3.09. The van der Waals surface area contributed by atoms with Crippen LogP contribution in [0, 0.1) is 5.92 Å². The molecule has 0 saturated carbocycles. The highest BCUT2D eigenvalue weighted by Gasteiger charge is 2.23. The largest absolute Gasteiger partial charge is 0.497 e. The lowest BCUT2D eigenvalue weighted by Gasteiger charge is -2.13.